The number of benzene rings is 1. The van der Waals surface area contributed by atoms with E-state index in [1.54, 1.807) is 32.0 Å². The van der Waals surface area contributed by atoms with Gasteiger partial charge in [-0.1, -0.05) is 18.2 Å². The molecule has 1 aromatic heterocycles. The van der Waals surface area contributed by atoms with E-state index >= 15 is 0 Å². The SMILES string of the molecule is COc1nc(NC(=O)NS(=O)(=O)Nc2c(C)cccc2C)nc(OC)n1. The minimum Gasteiger partial charge on any atom is -0.467 e. The first-order valence-corrected chi connectivity index (χ1v) is 8.74. The Morgan fingerprint density at radius 3 is 2.04 bits per heavy atom. The molecule has 0 saturated carbocycles. The summed E-state index contributed by atoms with van der Waals surface area (Å²) >= 11 is 0. The van der Waals surface area contributed by atoms with E-state index in [0.29, 0.717) is 16.8 Å². The third-order valence-electron chi connectivity index (χ3n) is 3.13. The van der Waals surface area contributed by atoms with Crippen LogP contribution < -0.4 is 24.2 Å². The maximum Gasteiger partial charge on any atom is 0.336 e. The first-order chi connectivity index (χ1) is 12.2. The Kier molecular flexibility index (Phi) is 5.77. The molecule has 26 heavy (non-hydrogen) atoms. The third-order valence-corrected chi connectivity index (χ3v) is 4.06. The molecule has 0 radical (unpaired) electrons. The van der Waals surface area contributed by atoms with E-state index < -0.39 is 16.2 Å². The van der Waals surface area contributed by atoms with Gasteiger partial charge in [0.2, 0.25) is 5.95 Å². The van der Waals surface area contributed by atoms with E-state index in [1.165, 1.54) is 14.2 Å². The summed E-state index contributed by atoms with van der Waals surface area (Å²) < 4.78 is 38.1. The number of amides is 2. The highest BCUT2D eigenvalue weighted by molar-refractivity contribution is 7.91. The van der Waals surface area contributed by atoms with Crippen molar-refractivity contribution in [2.45, 2.75) is 13.8 Å². The normalized spacial score (nSPS) is 10.8. The predicted molar refractivity (Wildman–Crippen MR) is 93.5 cm³/mol. The Morgan fingerprint density at radius 1 is 1.00 bits per heavy atom. The minimum absolute atomic E-state index is 0.108. The van der Waals surface area contributed by atoms with Gasteiger partial charge < -0.3 is 9.47 Å². The number of carbonyl (C=O) groups is 1. The maximum absolute atomic E-state index is 12.2. The van der Waals surface area contributed by atoms with Crippen LogP contribution in [0.2, 0.25) is 0 Å². The highest BCUT2D eigenvalue weighted by Gasteiger charge is 2.18. The average Bonchev–Trinajstić information content (AvgIpc) is 2.57. The van der Waals surface area contributed by atoms with Crippen molar-refractivity contribution >= 4 is 27.9 Å². The second kappa shape index (κ2) is 7.82. The van der Waals surface area contributed by atoms with E-state index in [4.69, 9.17) is 9.47 Å². The number of para-hydroxylation sites is 1. The molecule has 0 bridgehead atoms. The van der Waals surface area contributed by atoms with Gasteiger partial charge in [0.25, 0.3) is 0 Å². The quantitative estimate of drug-likeness (QED) is 0.670. The van der Waals surface area contributed by atoms with Gasteiger partial charge in [-0.05, 0) is 25.0 Å². The molecule has 11 nitrogen and oxygen atoms in total. The lowest BCUT2D eigenvalue weighted by molar-refractivity contribution is 0.256. The topological polar surface area (TPSA) is 144 Å². The van der Waals surface area contributed by atoms with Gasteiger partial charge in [0.1, 0.15) is 0 Å². The fourth-order valence-corrected chi connectivity index (χ4v) is 2.90. The van der Waals surface area contributed by atoms with Gasteiger partial charge in [-0.3, -0.25) is 10.0 Å². The largest absolute Gasteiger partial charge is 0.467 e. The van der Waals surface area contributed by atoms with Crippen LogP contribution in [-0.4, -0.2) is 43.6 Å². The number of nitrogens with zero attached hydrogens (tertiary/aromatic N) is 3. The summed E-state index contributed by atoms with van der Waals surface area (Å²) in [4.78, 5) is 23.3. The zero-order chi connectivity index (χ0) is 19.3. The van der Waals surface area contributed by atoms with E-state index in [0.717, 1.165) is 0 Å². The van der Waals surface area contributed by atoms with Gasteiger partial charge >= 0.3 is 28.3 Å². The molecule has 2 amide bonds. The van der Waals surface area contributed by atoms with Gasteiger partial charge in [-0.15, -0.1) is 4.98 Å². The van der Waals surface area contributed by atoms with Gasteiger partial charge in [0, 0.05) is 0 Å². The molecular formula is C14H18N6O5S. The van der Waals surface area contributed by atoms with Crippen LogP contribution in [0.3, 0.4) is 0 Å². The molecule has 140 valence electrons. The maximum atomic E-state index is 12.2. The summed E-state index contributed by atoms with van der Waals surface area (Å²) in [6.45, 7) is 3.49. The molecule has 0 spiro atoms. The van der Waals surface area contributed by atoms with E-state index in [-0.39, 0.29) is 18.0 Å². The summed E-state index contributed by atoms with van der Waals surface area (Å²) in [5.74, 6) is -0.242. The number of methoxy groups -OCH3 is 2. The van der Waals surface area contributed by atoms with Gasteiger partial charge in [0.05, 0.1) is 19.9 Å². The minimum atomic E-state index is -4.18. The molecule has 1 aromatic carbocycles. The molecule has 0 aliphatic heterocycles. The Morgan fingerprint density at radius 2 is 1.54 bits per heavy atom. The number of aryl methyl sites for hydroxylation is 2. The number of hydrogen-bond donors (Lipinski definition) is 3. The fourth-order valence-electron chi connectivity index (χ4n) is 1.96. The molecule has 0 saturated heterocycles. The van der Waals surface area contributed by atoms with Gasteiger partial charge in [-0.25, -0.2) is 9.52 Å². The van der Waals surface area contributed by atoms with Gasteiger partial charge in [0.15, 0.2) is 0 Å². The van der Waals surface area contributed by atoms with Crippen molar-refractivity contribution in [2.75, 3.05) is 24.3 Å². The van der Waals surface area contributed by atoms with Crippen molar-refractivity contribution in [3.63, 3.8) is 0 Å². The summed E-state index contributed by atoms with van der Waals surface area (Å²) in [7, 11) is -1.54. The number of aromatic nitrogens is 3. The number of rotatable bonds is 6. The van der Waals surface area contributed by atoms with E-state index in [1.807, 2.05) is 4.72 Å². The number of anilines is 2. The molecule has 0 atom stereocenters. The smallest absolute Gasteiger partial charge is 0.336 e. The zero-order valence-electron chi connectivity index (χ0n) is 14.5. The number of urea groups is 1. The number of nitrogens with one attached hydrogen (secondary N) is 3. The van der Waals surface area contributed by atoms with Crippen LogP contribution in [0.4, 0.5) is 16.4 Å². The van der Waals surface area contributed by atoms with Crippen LogP contribution in [0.25, 0.3) is 0 Å². The molecule has 2 rings (SSSR count). The van der Waals surface area contributed by atoms with Crippen LogP contribution in [0, 0.1) is 13.8 Å². The number of hydrogen-bond acceptors (Lipinski definition) is 8. The third kappa shape index (κ3) is 4.92. The lowest BCUT2D eigenvalue weighted by atomic mass is 10.1. The average molecular weight is 382 g/mol. The second-order valence-electron chi connectivity index (χ2n) is 5.06. The Balaban J connectivity index is 2.11. The fraction of sp³-hybridized carbons (Fsp3) is 0.286. The molecule has 0 fully saturated rings. The summed E-state index contributed by atoms with van der Waals surface area (Å²) in [5, 5.41) is 2.17. The van der Waals surface area contributed by atoms with Crippen LogP contribution in [0.1, 0.15) is 11.1 Å². The molecular weight excluding hydrogens is 364 g/mol. The second-order valence-corrected chi connectivity index (χ2v) is 6.48. The molecule has 0 aliphatic carbocycles. The highest BCUT2D eigenvalue weighted by atomic mass is 32.2. The predicted octanol–water partition coefficient (Wildman–Crippen LogP) is 0.984. The van der Waals surface area contributed by atoms with Crippen molar-refractivity contribution in [1.29, 1.82) is 0 Å². The molecule has 1 heterocycles. The van der Waals surface area contributed by atoms with Gasteiger partial charge in [-0.2, -0.15) is 18.4 Å². The first kappa shape index (κ1) is 19.2. The summed E-state index contributed by atoms with van der Waals surface area (Å²) in [6.07, 6.45) is 0. The van der Waals surface area contributed by atoms with Crippen LogP contribution in [-0.2, 0) is 10.2 Å². The van der Waals surface area contributed by atoms with Crippen LogP contribution in [0.5, 0.6) is 12.0 Å². The molecule has 0 unspecified atom stereocenters. The zero-order valence-corrected chi connectivity index (χ0v) is 15.3. The van der Waals surface area contributed by atoms with E-state index in [2.05, 4.69) is 25.0 Å². The van der Waals surface area contributed by atoms with Crippen molar-refractivity contribution in [2.24, 2.45) is 0 Å². The number of carbonyl (C=O) groups excluding carboxylic acids is 1. The molecule has 3 N–H and O–H groups in total. The van der Waals surface area contributed by atoms with Crippen molar-refractivity contribution in [3.05, 3.63) is 29.3 Å². The van der Waals surface area contributed by atoms with Crippen molar-refractivity contribution in [3.8, 4) is 12.0 Å². The first-order valence-electron chi connectivity index (χ1n) is 7.26. The monoisotopic (exact) mass is 382 g/mol. The summed E-state index contributed by atoms with van der Waals surface area (Å²) in [6, 6.07) is 4.00. The Bertz CT molecular complexity index is 876. The van der Waals surface area contributed by atoms with Crippen molar-refractivity contribution in [1.82, 2.24) is 19.7 Å². The van der Waals surface area contributed by atoms with Crippen LogP contribution in [0.15, 0.2) is 18.2 Å². The van der Waals surface area contributed by atoms with E-state index in [9.17, 15) is 13.2 Å². The Labute approximate surface area is 150 Å². The molecule has 12 heteroatoms. The summed E-state index contributed by atoms with van der Waals surface area (Å²) in [5.41, 5.74) is 1.81. The lowest BCUT2D eigenvalue weighted by Crippen LogP contribution is -2.38. The lowest BCUT2D eigenvalue weighted by Gasteiger charge is -2.14. The number of ether oxygens (including phenoxy) is 2. The van der Waals surface area contributed by atoms with Crippen molar-refractivity contribution < 1.29 is 22.7 Å². The molecule has 0 aliphatic rings. The Hall–Kier alpha value is -3.15. The highest BCUT2D eigenvalue weighted by Crippen LogP contribution is 2.20. The molecule has 2 aromatic rings. The van der Waals surface area contributed by atoms with Crippen LogP contribution >= 0.6 is 0 Å². The standard InChI is InChI=1S/C14H18N6O5S/c1-8-6-5-7-9(2)10(8)19-26(22,23)20-12(21)15-11-16-13(24-3)18-14(17-11)25-4/h5-7,19H,1-4H3,(H2,15,16,17,18,20,21).